The lowest BCUT2D eigenvalue weighted by molar-refractivity contribution is 0.0684. The summed E-state index contributed by atoms with van der Waals surface area (Å²) in [6.45, 7) is 1.36. The van der Waals surface area contributed by atoms with Crippen LogP contribution in [0, 0.1) is 0 Å². The van der Waals surface area contributed by atoms with E-state index in [0.29, 0.717) is 18.7 Å². The molecule has 1 saturated heterocycles. The minimum atomic E-state index is -3.07. The molecule has 146 valence electrons. The highest BCUT2D eigenvalue weighted by Gasteiger charge is 2.35. The van der Waals surface area contributed by atoms with Gasteiger partial charge in [0.25, 0.3) is 5.91 Å². The SMILES string of the molecule is CN(C)CCCN(C(=O)c1ccn(-c2ccccc2)n1)C1CCS(=O)(=O)C1. The third-order valence-electron chi connectivity index (χ3n) is 4.74. The number of hydrogen-bond donors (Lipinski definition) is 0. The van der Waals surface area contributed by atoms with Gasteiger partial charge in [0.2, 0.25) is 0 Å². The molecule has 1 aromatic heterocycles. The van der Waals surface area contributed by atoms with Crippen molar-refractivity contribution in [3.05, 3.63) is 48.3 Å². The first-order valence-electron chi connectivity index (χ1n) is 9.13. The molecule has 27 heavy (non-hydrogen) atoms. The van der Waals surface area contributed by atoms with Crippen LogP contribution in [0.4, 0.5) is 0 Å². The molecule has 2 aromatic rings. The molecule has 1 aliphatic heterocycles. The van der Waals surface area contributed by atoms with E-state index >= 15 is 0 Å². The fourth-order valence-corrected chi connectivity index (χ4v) is 5.07. The van der Waals surface area contributed by atoms with Gasteiger partial charge in [0.15, 0.2) is 15.5 Å². The fraction of sp³-hybridized carbons (Fsp3) is 0.474. The van der Waals surface area contributed by atoms with Crippen LogP contribution < -0.4 is 0 Å². The van der Waals surface area contributed by atoms with Crippen LogP contribution >= 0.6 is 0 Å². The first-order valence-corrected chi connectivity index (χ1v) is 10.9. The van der Waals surface area contributed by atoms with E-state index in [9.17, 15) is 13.2 Å². The molecule has 1 fully saturated rings. The molecule has 1 unspecified atom stereocenters. The number of para-hydroxylation sites is 1. The van der Waals surface area contributed by atoms with Crippen LogP contribution in [-0.2, 0) is 9.84 Å². The Labute approximate surface area is 160 Å². The molecule has 0 bridgehead atoms. The van der Waals surface area contributed by atoms with Crippen LogP contribution in [0.1, 0.15) is 23.3 Å². The van der Waals surface area contributed by atoms with Crippen molar-refractivity contribution in [1.29, 1.82) is 0 Å². The third kappa shape index (κ3) is 4.95. The second-order valence-electron chi connectivity index (χ2n) is 7.19. The van der Waals surface area contributed by atoms with E-state index in [4.69, 9.17) is 0 Å². The number of aromatic nitrogens is 2. The molecule has 7 nitrogen and oxygen atoms in total. The van der Waals surface area contributed by atoms with Gasteiger partial charge in [-0.3, -0.25) is 4.79 Å². The van der Waals surface area contributed by atoms with E-state index in [0.717, 1.165) is 18.7 Å². The minimum Gasteiger partial charge on any atom is -0.333 e. The number of amides is 1. The molecule has 0 N–H and O–H groups in total. The number of carbonyl (C=O) groups excluding carboxylic acids is 1. The Hall–Kier alpha value is -2.19. The predicted octanol–water partition coefficient (Wildman–Crippen LogP) is 1.45. The smallest absolute Gasteiger partial charge is 0.274 e. The van der Waals surface area contributed by atoms with Crippen molar-refractivity contribution >= 4 is 15.7 Å². The Balaban J connectivity index is 1.79. The highest BCUT2D eigenvalue weighted by molar-refractivity contribution is 7.91. The van der Waals surface area contributed by atoms with E-state index in [-0.39, 0.29) is 23.5 Å². The maximum Gasteiger partial charge on any atom is 0.274 e. The van der Waals surface area contributed by atoms with Crippen molar-refractivity contribution < 1.29 is 13.2 Å². The van der Waals surface area contributed by atoms with E-state index in [1.54, 1.807) is 21.8 Å². The van der Waals surface area contributed by atoms with E-state index < -0.39 is 9.84 Å². The van der Waals surface area contributed by atoms with Crippen LogP contribution in [0.2, 0.25) is 0 Å². The van der Waals surface area contributed by atoms with Gasteiger partial charge in [-0.05, 0) is 51.7 Å². The largest absolute Gasteiger partial charge is 0.333 e. The van der Waals surface area contributed by atoms with E-state index in [1.165, 1.54) is 0 Å². The van der Waals surface area contributed by atoms with Crippen molar-refractivity contribution in [2.75, 3.05) is 38.7 Å². The van der Waals surface area contributed by atoms with Gasteiger partial charge in [-0.1, -0.05) is 18.2 Å². The highest BCUT2D eigenvalue weighted by Crippen LogP contribution is 2.20. The molecule has 0 saturated carbocycles. The number of benzene rings is 1. The van der Waals surface area contributed by atoms with Gasteiger partial charge < -0.3 is 9.80 Å². The topological polar surface area (TPSA) is 75.5 Å². The second-order valence-corrected chi connectivity index (χ2v) is 9.42. The van der Waals surface area contributed by atoms with Gasteiger partial charge in [-0.2, -0.15) is 5.10 Å². The van der Waals surface area contributed by atoms with Crippen LogP contribution in [0.15, 0.2) is 42.6 Å². The molecule has 1 amide bonds. The standard InChI is InChI=1S/C19H26N4O3S/c1-21(2)11-6-12-22(17-10-14-27(25,26)15-17)19(24)18-9-13-23(20-18)16-7-4-3-5-8-16/h3-5,7-9,13,17H,6,10-12,14-15H2,1-2H3. The van der Waals surface area contributed by atoms with Crippen molar-refractivity contribution in [1.82, 2.24) is 19.6 Å². The second kappa shape index (κ2) is 8.22. The molecular formula is C19H26N4O3S. The fourth-order valence-electron chi connectivity index (χ4n) is 3.34. The van der Waals surface area contributed by atoms with Crippen LogP contribution in [0.25, 0.3) is 5.69 Å². The minimum absolute atomic E-state index is 0.0418. The number of hydrogen-bond acceptors (Lipinski definition) is 5. The number of nitrogens with zero attached hydrogens (tertiary/aromatic N) is 4. The first-order chi connectivity index (χ1) is 12.9. The molecule has 8 heteroatoms. The summed E-state index contributed by atoms with van der Waals surface area (Å²) >= 11 is 0. The van der Waals surface area contributed by atoms with Gasteiger partial charge >= 0.3 is 0 Å². The van der Waals surface area contributed by atoms with Gasteiger partial charge in [0, 0.05) is 18.8 Å². The Morgan fingerprint density at radius 3 is 2.56 bits per heavy atom. The Kier molecular flexibility index (Phi) is 5.96. The summed E-state index contributed by atoms with van der Waals surface area (Å²) in [5.74, 6) is -0.0150. The normalized spacial score (nSPS) is 18.7. The van der Waals surface area contributed by atoms with E-state index in [2.05, 4.69) is 10.00 Å². The van der Waals surface area contributed by atoms with Crippen molar-refractivity contribution in [3.63, 3.8) is 0 Å². The highest BCUT2D eigenvalue weighted by atomic mass is 32.2. The van der Waals surface area contributed by atoms with Crippen LogP contribution in [0.3, 0.4) is 0 Å². The van der Waals surface area contributed by atoms with Crippen molar-refractivity contribution in [2.45, 2.75) is 18.9 Å². The van der Waals surface area contributed by atoms with Gasteiger partial charge in [0.05, 0.1) is 17.2 Å². The first kappa shape index (κ1) is 19.6. The summed E-state index contributed by atoms with van der Waals surface area (Å²) < 4.78 is 25.5. The third-order valence-corrected chi connectivity index (χ3v) is 6.49. The maximum absolute atomic E-state index is 13.1. The zero-order chi connectivity index (χ0) is 19.4. The Morgan fingerprint density at radius 2 is 1.93 bits per heavy atom. The summed E-state index contributed by atoms with van der Waals surface area (Å²) in [4.78, 5) is 16.9. The summed E-state index contributed by atoms with van der Waals surface area (Å²) in [5, 5.41) is 4.42. The average Bonchev–Trinajstić information content (AvgIpc) is 3.25. The number of sulfone groups is 1. The summed E-state index contributed by atoms with van der Waals surface area (Å²) in [7, 11) is 0.895. The zero-order valence-corrected chi connectivity index (χ0v) is 16.6. The molecular weight excluding hydrogens is 364 g/mol. The molecule has 2 heterocycles. The average molecular weight is 391 g/mol. The van der Waals surface area contributed by atoms with E-state index in [1.807, 2.05) is 44.4 Å². The molecule has 0 spiro atoms. The lowest BCUT2D eigenvalue weighted by Gasteiger charge is -2.28. The Morgan fingerprint density at radius 1 is 1.19 bits per heavy atom. The molecule has 1 atom stereocenters. The van der Waals surface area contributed by atoms with Gasteiger partial charge in [0.1, 0.15) is 0 Å². The van der Waals surface area contributed by atoms with Crippen LogP contribution in [0.5, 0.6) is 0 Å². The zero-order valence-electron chi connectivity index (χ0n) is 15.8. The summed E-state index contributed by atoms with van der Waals surface area (Å²) in [6, 6.07) is 11.0. The maximum atomic E-state index is 13.1. The molecule has 1 aliphatic rings. The molecule has 1 aromatic carbocycles. The Bertz CT molecular complexity index is 877. The van der Waals surface area contributed by atoms with Crippen LogP contribution in [-0.4, -0.2) is 78.6 Å². The molecule has 0 aliphatic carbocycles. The summed E-state index contributed by atoms with van der Waals surface area (Å²) in [5.41, 5.74) is 1.21. The molecule has 3 rings (SSSR count). The van der Waals surface area contributed by atoms with Gasteiger partial charge in [-0.15, -0.1) is 0 Å². The molecule has 0 radical (unpaired) electrons. The van der Waals surface area contributed by atoms with Crippen molar-refractivity contribution in [2.24, 2.45) is 0 Å². The van der Waals surface area contributed by atoms with Gasteiger partial charge in [-0.25, -0.2) is 13.1 Å². The summed E-state index contributed by atoms with van der Waals surface area (Å²) in [6.07, 6.45) is 3.04. The number of rotatable bonds is 7. The number of carbonyl (C=O) groups is 1. The predicted molar refractivity (Wildman–Crippen MR) is 105 cm³/mol. The lowest BCUT2D eigenvalue weighted by Crippen LogP contribution is -2.42. The lowest BCUT2D eigenvalue weighted by atomic mass is 10.2. The van der Waals surface area contributed by atoms with Crippen molar-refractivity contribution in [3.8, 4) is 5.69 Å². The monoisotopic (exact) mass is 390 g/mol. The quantitative estimate of drug-likeness (QED) is 0.715.